The molecule has 168 valence electrons. The number of aryl methyl sites for hydroxylation is 2. The van der Waals surface area contributed by atoms with Gasteiger partial charge in [-0.15, -0.1) is 0 Å². The maximum atomic E-state index is 5.56. The average Bonchev–Trinajstić information content (AvgIpc) is 3.27. The third-order valence-corrected chi connectivity index (χ3v) is 5.82. The summed E-state index contributed by atoms with van der Waals surface area (Å²) < 4.78 is 0. The zero-order valence-corrected chi connectivity index (χ0v) is 20.7. The first-order chi connectivity index (χ1) is 15.4. The summed E-state index contributed by atoms with van der Waals surface area (Å²) in [6.45, 7) is 13.1. The zero-order valence-electron chi connectivity index (χ0n) is 20.7. The van der Waals surface area contributed by atoms with Gasteiger partial charge in [-0.05, 0) is 60.8 Å². The Hall–Kier alpha value is -2.55. The minimum atomic E-state index is 0.418. The second kappa shape index (κ2) is 13.1. The molecular formula is C29H39BN2. The first-order valence-electron chi connectivity index (χ1n) is 11.9. The highest BCUT2D eigenvalue weighted by Crippen LogP contribution is 2.32. The smallest absolute Gasteiger partial charge is 0.0925 e. The van der Waals surface area contributed by atoms with Crippen molar-refractivity contribution in [1.29, 1.82) is 0 Å². The molecule has 1 heterocycles. The van der Waals surface area contributed by atoms with Crippen molar-refractivity contribution in [2.24, 2.45) is 0 Å². The summed E-state index contributed by atoms with van der Waals surface area (Å²) in [5.41, 5.74) is 8.05. The number of hydrogen-bond donors (Lipinski definition) is 1. The summed E-state index contributed by atoms with van der Waals surface area (Å²) in [5.74, 6) is 1.50. The van der Waals surface area contributed by atoms with E-state index in [1.54, 1.807) is 6.33 Å². The molecule has 1 N–H and O–H groups in total. The lowest BCUT2D eigenvalue weighted by Gasteiger charge is -2.20. The highest BCUT2D eigenvalue weighted by Gasteiger charge is 2.16. The molecule has 3 heteroatoms. The van der Waals surface area contributed by atoms with Gasteiger partial charge in [0.15, 0.2) is 0 Å². The molecule has 0 atom stereocenters. The van der Waals surface area contributed by atoms with E-state index in [0.29, 0.717) is 17.8 Å². The van der Waals surface area contributed by atoms with Gasteiger partial charge in [0.25, 0.3) is 0 Å². The number of imidazole rings is 1. The summed E-state index contributed by atoms with van der Waals surface area (Å²) in [6.07, 6.45) is 8.95. The molecular weight excluding hydrogens is 387 g/mol. The van der Waals surface area contributed by atoms with E-state index in [4.69, 9.17) is 7.85 Å². The van der Waals surface area contributed by atoms with Crippen LogP contribution in [0.5, 0.6) is 0 Å². The van der Waals surface area contributed by atoms with Crippen LogP contribution in [0.1, 0.15) is 91.9 Å². The number of benzene rings is 2. The third-order valence-electron chi connectivity index (χ3n) is 5.82. The van der Waals surface area contributed by atoms with Gasteiger partial charge in [-0.3, -0.25) is 0 Å². The van der Waals surface area contributed by atoms with Crippen molar-refractivity contribution in [2.75, 3.05) is 0 Å². The quantitative estimate of drug-likeness (QED) is 0.287. The molecule has 0 amide bonds. The molecule has 0 unspecified atom stereocenters. The van der Waals surface area contributed by atoms with Gasteiger partial charge in [-0.2, -0.15) is 0 Å². The minimum Gasteiger partial charge on any atom is -0.348 e. The van der Waals surface area contributed by atoms with Gasteiger partial charge >= 0.3 is 0 Å². The molecule has 0 aliphatic rings. The van der Waals surface area contributed by atoms with E-state index < -0.39 is 0 Å². The molecule has 2 nitrogen and oxygen atoms in total. The summed E-state index contributed by atoms with van der Waals surface area (Å²) >= 11 is 0. The number of aromatic amines is 1. The Kier molecular flexibility index (Phi) is 10.5. The van der Waals surface area contributed by atoms with Crippen LogP contribution >= 0.6 is 0 Å². The van der Waals surface area contributed by atoms with Crippen LogP contribution in [0, 0.1) is 13.8 Å². The fourth-order valence-electron chi connectivity index (χ4n) is 4.06. The fourth-order valence-corrected chi connectivity index (χ4v) is 4.06. The Morgan fingerprint density at radius 1 is 0.844 bits per heavy atom. The monoisotopic (exact) mass is 426 g/mol. The number of nitrogens with zero attached hydrogens (tertiary/aromatic N) is 1. The first kappa shape index (κ1) is 25.7. The van der Waals surface area contributed by atoms with Crippen molar-refractivity contribution in [3.05, 3.63) is 101 Å². The van der Waals surface area contributed by atoms with E-state index in [0.717, 1.165) is 19.2 Å². The molecule has 0 fully saturated rings. The molecule has 2 aromatic carbocycles. The average molecular weight is 426 g/mol. The predicted octanol–water partition coefficient (Wildman–Crippen LogP) is 8.02. The molecule has 3 aromatic rings. The standard InChI is InChI=1S/C20H23B.C9H16N2/c1-16-10-5-7-12-18(16)20(14-4-3-9-15-21)19-13-8-6-11-17(19)2;1-6(2)8-9(7(3)4)11-5-10-8/h3-8,10-13,20H,9,14-15H2,1-2H3;5-7H,1-4H3,(H,10,11). The van der Waals surface area contributed by atoms with E-state index in [-0.39, 0.29) is 0 Å². The van der Waals surface area contributed by atoms with Crippen LogP contribution in [0.4, 0.5) is 0 Å². The van der Waals surface area contributed by atoms with Crippen LogP contribution in [0.15, 0.2) is 67.0 Å². The summed E-state index contributed by atoms with van der Waals surface area (Å²) in [5, 5.41) is 0. The molecule has 0 bridgehead atoms. The Balaban J connectivity index is 0.000000278. The van der Waals surface area contributed by atoms with E-state index in [1.165, 1.54) is 33.6 Å². The van der Waals surface area contributed by atoms with Gasteiger partial charge in [0.1, 0.15) is 0 Å². The normalized spacial score (nSPS) is 11.4. The van der Waals surface area contributed by atoms with Crippen LogP contribution in [0.2, 0.25) is 6.32 Å². The number of rotatable bonds is 8. The van der Waals surface area contributed by atoms with E-state index in [1.807, 2.05) is 0 Å². The van der Waals surface area contributed by atoms with Gasteiger partial charge in [0.05, 0.1) is 19.9 Å². The molecule has 32 heavy (non-hydrogen) atoms. The van der Waals surface area contributed by atoms with Crippen LogP contribution in [-0.4, -0.2) is 17.8 Å². The van der Waals surface area contributed by atoms with Gasteiger partial charge in [0.2, 0.25) is 0 Å². The van der Waals surface area contributed by atoms with Crippen molar-refractivity contribution in [3.63, 3.8) is 0 Å². The Morgan fingerprint density at radius 2 is 1.41 bits per heavy atom. The molecule has 0 saturated heterocycles. The second-order valence-electron chi connectivity index (χ2n) is 9.06. The Bertz CT molecular complexity index is 901. The van der Waals surface area contributed by atoms with Crippen LogP contribution in [0.3, 0.4) is 0 Å². The highest BCUT2D eigenvalue weighted by atomic mass is 14.9. The fraction of sp³-hybridized carbons (Fsp3) is 0.414. The number of allylic oxidation sites excluding steroid dienone is 2. The van der Waals surface area contributed by atoms with Crippen LogP contribution in [0.25, 0.3) is 0 Å². The van der Waals surface area contributed by atoms with Gasteiger partial charge in [-0.25, -0.2) is 4.98 Å². The van der Waals surface area contributed by atoms with Gasteiger partial charge < -0.3 is 4.98 Å². The number of hydrogen-bond acceptors (Lipinski definition) is 1. The molecule has 0 saturated carbocycles. The summed E-state index contributed by atoms with van der Waals surface area (Å²) in [6, 6.07) is 17.4. The maximum Gasteiger partial charge on any atom is 0.0925 e. The SMILES string of the molecule is CC(C)c1nc[nH]c1C(C)C.[B]CCC=CCC(c1ccccc1C)c1ccccc1C. The molecule has 3 rings (SSSR count). The van der Waals surface area contributed by atoms with Gasteiger partial charge in [-0.1, -0.05) is 94.7 Å². The van der Waals surface area contributed by atoms with E-state index in [2.05, 4.69) is 112 Å². The first-order valence-corrected chi connectivity index (χ1v) is 11.9. The summed E-state index contributed by atoms with van der Waals surface area (Å²) in [4.78, 5) is 7.46. The van der Waals surface area contributed by atoms with Crippen molar-refractivity contribution in [1.82, 2.24) is 9.97 Å². The number of nitrogens with one attached hydrogen (secondary N) is 1. The third kappa shape index (κ3) is 7.26. The molecule has 1 aromatic heterocycles. The van der Waals surface area contributed by atoms with Crippen molar-refractivity contribution >= 4 is 7.85 Å². The zero-order chi connectivity index (χ0) is 23.5. The lowest BCUT2D eigenvalue weighted by atomic mass is 9.84. The van der Waals surface area contributed by atoms with Crippen molar-refractivity contribution in [2.45, 2.75) is 78.5 Å². The number of aromatic nitrogens is 2. The Labute approximate surface area is 197 Å². The molecule has 0 aliphatic heterocycles. The number of H-pyrrole nitrogens is 1. The van der Waals surface area contributed by atoms with Crippen molar-refractivity contribution < 1.29 is 0 Å². The van der Waals surface area contributed by atoms with Crippen molar-refractivity contribution in [3.8, 4) is 0 Å². The van der Waals surface area contributed by atoms with E-state index >= 15 is 0 Å². The largest absolute Gasteiger partial charge is 0.348 e. The lowest BCUT2D eigenvalue weighted by molar-refractivity contribution is 0.759. The highest BCUT2D eigenvalue weighted by molar-refractivity contribution is 6.08. The predicted molar refractivity (Wildman–Crippen MR) is 140 cm³/mol. The van der Waals surface area contributed by atoms with Crippen LogP contribution in [-0.2, 0) is 0 Å². The summed E-state index contributed by atoms with van der Waals surface area (Å²) in [7, 11) is 5.56. The Morgan fingerprint density at radius 3 is 1.84 bits per heavy atom. The topological polar surface area (TPSA) is 28.7 Å². The molecule has 0 spiro atoms. The molecule has 0 aliphatic carbocycles. The van der Waals surface area contributed by atoms with E-state index in [9.17, 15) is 0 Å². The van der Waals surface area contributed by atoms with Crippen LogP contribution < -0.4 is 0 Å². The maximum absolute atomic E-state index is 5.56. The minimum absolute atomic E-state index is 0.418. The lowest BCUT2D eigenvalue weighted by Crippen LogP contribution is -2.04. The van der Waals surface area contributed by atoms with Gasteiger partial charge in [0, 0.05) is 11.6 Å². The molecule has 2 radical (unpaired) electrons. The second-order valence-corrected chi connectivity index (χ2v) is 9.06.